The molecule has 0 spiro atoms. The van der Waals surface area contributed by atoms with Crippen LogP contribution in [0.2, 0.25) is 0 Å². The summed E-state index contributed by atoms with van der Waals surface area (Å²) in [5.74, 6) is -0.715. The number of aliphatic carboxylic acids is 1. The van der Waals surface area contributed by atoms with E-state index in [-0.39, 0.29) is 6.42 Å². The monoisotopic (exact) mass is 213 g/mol. The molecule has 0 saturated carbocycles. The third kappa shape index (κ3) is 4.28. The molecule has 14 heavy (non-hydrogen) atoms. The van der Waals surface area contributed by atoms with Gasteiger partial charge in [0.2, 0.25) is 0 Å². The van der Waals surface area contributed by atoms with Crippen LogP contribution < -0.4 is 5.32 Å². The predicted octanol–water partition coefficient (Wildman–Crippen LogP) is 2.80. The first-order valence-corrected chi connectivity index (χ1v) is 5.58. The maximum absolute atomic E-state index is 10.3. The summed E-state index contributed by atoms with van der Waals surface area (Å²) in [6.45, 7) is 2.07. The number of rotatable bonds is 6. The number of nitrogens with one attached hydrogen (secondary N) is 1. The number of anilines is 1. The van der Waals surface area contributed by atoms with Gasteiger partial charge in [-0.25, -0.2) is 0 Å². The van der Waals surface area contributed by atoms with Crippen molar-refractivity contribution in [3.05, 3.63) is 17.5 Å². The fourth-order valence-electron chi connectivity index (χ4n) is 1.24. The Bertz CT molecular complexity index is 272. The second kappa shape index (κ2) is 5.65. The third-order valence-electron chi connectivity index (χ3n) is 1.94. The molecule has 1 unspecified atom stereocenters. The van der Waals surface area contributed by atoms with Gasteiger partial charge in [0.1, 0.15) is 0 Å². The van der Waals surface area contributed by atoms with E-state index in [0.717, 1.165) is 17.8 Å². The van der Waals surface area contributed by atoms with Crippen LogP contribution in [0.15, 0.2) is 17.5 Å². The maximum Gasteiger partial charge on any atom is 0.303 e. The van der Waals surface area contributed by atoms with Crippen molar-refractivity contribution in [1.29, 1.82) is 0 Å². The summed E-state index contributed by atoms with van der Waals surface area (Å²) < 4.78 is 0. The van der Waals surface area contributed by atoms with Gasteiger partial charge in [-0.05, 0) is 37.3 Å². The molecule has 1 atom stereocenters. The minimum Gasteiger partial charge on any atom is -0.481 e. The van der Waals surface area contributed by atoms with Gasteiger partial charge in [-0.15, -0.1) is 11.3 Å². The zero-order valence-corrected chi connectivity index (χ0v) is 9.01. The van der Waals surface area contributed by atoms with Crippen LogP contribution in [-0.4, -0.2) is 17.1 Å². The Morgan fingerprint density at radius 1 is 1.71 bits per heavy atom. The Labute approximate surface area is 87.8 Å². The van der Waals surface area contributed by atoms with Crippen molar-refractivity contribution in [2.45, 2.75) is 32.2 Å². The molecule has 1 aromatic rings. The quantitative estimate of drug-likeness (QED) is 0.764. The molecule has 0 bridgehead atoms. The molecule has 1 heterocycles. The van der Waals surface area contributed by atoms with Gasteiger partial charge in [0.05, 0.1) is 5.00 Å². The Kier molecular flexibility index (Phi) is 4.46. The molecule has 0 aliphatic heterocycles. The van der Waals surface area contributed by atoms with Gasteiger partial charge < -0.3 is 10.4 Å². The van der Waals surface area contributed by atoms with Crippen molar-refractivity contribution >= 4 is 22.3 Å². The highest BCUT2D eigenvalue weighted by Crippen LogP contribution is 2.17. The number of thiophene rings is 1. The topological polar surface area (TPSA) is 49.3 Å². The second-order valence-corrected chi connectivity index (χ2v) is 4.26. The van der Waals surface area contributed by atoms with Crippen LogP contribution in [0.3, 0.4) is 0 Å². The minimum atomic E-state index is -0.715. The molecule has 4 heteroatoms. The predicted molar refractivity (Wildman–Crippen MR) is 58.9 cm³/mol. The first-order chi connectivity index (χ1) is 6.68. The van der Waals surface area contributed by atoms with Crippen molar-refractivity contribution in [2.24, 2.45) is 0 Å². The molecule has 1 aromatic heterocycles. The molecule has 0 radical (unpaired) electrons. The normalized spacial score (nSPS) is 12.4. The van der Waals surface area contributed by atoms with Gasteiger partial charge in [0, 0.05) is 12.5 Å². The zero-order valence-electron chi connectivity index (χ0n) is 8.19. The molecule has 0 amide bonds. The summed E-state index contributed by atoms with van der Waals surface area (Å²) in [6.07, 6.45) is 1.88. The van der Waals surface area contributed by atoms with E-state index in [1.165, 1.54) is 0 Å². The Morgan fingerprint density at radius 3 is 3.07 bits per heavy atom. The van der Waals surface area contributed by atoms with Crippen LogP contribution in [-0.2, 0) is 4.79 Å². The lowest BCUT2D eigenvalue weighted by Gasteiger charge is -2.12. The molecule has 1 rings (SSSR count). The van der Waals surface area contributed by atoms with Gasteiger partial charge in [-0.1, -0.05) is 0 Å². The van der Waals surface area contributed by atoms with Crippen LogP contribution in [0.4, 0.5) is 5.00 Å². The van der Waals surface area contributed by atoms with E-state index in [0.29, 0.717) is 6.04 Å². The van der Waals surface area contributed by atoms with Crippen molar-refractivity contribution in [1.82, 2.24) is 0 Å². The Morgan fingerprint density at radius 2 is 2.50 bits per heavy atom. The lowest BCUT2D eigenvalue weighted by Crippen LogP contribution is -2.14. The third-order valence-corrected chi connectivity index (χ3v) is 2.74. The summed E-state index contributed by atoms with van der Waals surface area (Å²) in [4.78, 5) is 10.3. The zero-order chi connectivity index (χ0) is 10.4. The molecular weight excluding hydrogens is 198 g/mol. The van der Waals surface area contributed by atoms with Crippen LogP contribution >= 0.6 is 11.3 Å². The second-order valence-electron chi connectivity index (χ2n) is 3.31. The molecular formula is C10H15NO2S. The van der Waals surface area contributed by atoms with Crippen molar-refractivity contribution in [2.75, 3.05) is 5.32 Å². The van der Waals surface area contributed by atoms with E-state index in [9.17, 15) is 4.79 Å². The van der Waals surface area contributed by atoms with E-state index in [4.69, 9.17) is 5.11 Å². The number of carboxylic acids is 1. The molecule has 0 saturated heterocycles. The molecule has 3 nitrogen and oxygen atoms in total. The smallest absolute Gasteiger partial charge is 0.303 e. The van der Waals surface area contributed by atoms with E-state index in [1.807, 2.05) is 17.5 Å². The minimum absolute atomic E-state index is 0.260. The molecule has 0 aliphatic rings. The molecule has 0 aromatic carbocycles. The Balaban J connectivity index is 2.16. The number of carboxylic acid groups (broad SMARTS) is 1. The summed E-state index contributed by atoms with van der Waals surface area (Å²) in [7, 11) is 0. The number of hydrogen-bond donors (Lipinski definition) is 2. The van der Waals surface area contributed by atoms with Crippen molar-refractivity contribution in [3.8, 4) is 0 Å². The fourth-order valence-corrected chi connectivity index (χ4v) is 1.97. The Hall–Kier alpha value is -1.03. The fraction of sp³-hybridized carbons (Fsp3) is 0.500. The average Bonchev–Trinajstić information content (AvgIpc) is 2.56. The highest BCUT2D eigenvalue weighted by Gasteiger charge is 2.04. The van der Waals surface area contributed by atoms with Crippen molar-refractivity contribution in [3.63, 3.8) is 0 Å². The van der Waals surface area contributed by atoms with Gasteiger partial charge >= 0.3 is 5.97 Å². The highest BCUT2D eigenvalue weighted by atomic mass is 32.1. The van der Waals surface area contributed by atoms with Crippen LogP contribution in [0.5, 0.6) is 0 Å². The largest absolute Gasteiger partial charge is 0.481 e. The van der Waals surface area contributed by atoms with Crippen molar-refractivity contribution < 1.29 is 9.90 Å². The SMILES string of the molecule is CC(CCCC(=O)O)Nc1cccs1. The van der Waals surface area contributed by atoms with Crippen LogP contribution in [0, 0.1) is 0 Å². The maximum atomic E-state index is 10.3. The lowest BCUT2D eigenvalue weighted by atomic mass is 10.1. The average molecular weight is 213 g/mol. The molecule has 0 fully saturated rings. The summed E-state index contributed by atoms with van der Waals surface area (Å²) in [5.41, 5.74) is 0. The molecule has 0 aliphatic carbocycles. The van der Waals surface area contributed by atoms with E-state index < -0.39 is 5.97 Å². The first-order valence-electron chi connectivity index (χ1n) is 4.70. The van der Waals surface area contributed by atoms with E-state index in [1.54, 1.807) is 11.3 Å². The number of carbonyl (C=O) groups is 1. The molecule has 2 N–H and O–H groups in total. The standard InChI is InChI=1S/C10H15NO2S/c1-8(4-2-6-10(12)13)11-9-5-3-7-14-9/h3,5,7-8,11H,2,4,6H2,1H3,(H,12,13). The lowest BCUT2D eigenvalue weighted by molar-refractivity contribution is -0.137. The van der Waals surface area contributed by atoms with Crippen LogP contribution in [0.25, 0.3) is 0 Å². The summed E-state index contributed by atoms with van der Waals surface area (Å²) in [5, 5.41) is 15.0. The first kappa shape index (κ1) is 11.0. The van der Waals surface area contributed by atoms with Gasteiger partial charge in [-0.2, -0.15) is 0 Å². The number of hydrogen-bond acceptors (Lipinski definition) is 3. The summed E-state index contributed by atoms with van der Waals surface area (Å²) in [6, 6.07) is 4.36. The highest BCUT2D eigenvalue weighted by molar-refractivity contribution is 7.14. The van der Waals surface area contributed by atoms with Gasteiger partial charge in [-0.3, -0.25) is 4.79 Å². The molecule has 78 valence electrons. The van der Waals surface area contributed by atoms with Gasteiger partial charge in [0.25, 0.3) is 0 Å². The van der Waals surface area contributed by atoms with Gasteiger partial charge in [0.15, 0.2) is 0 Å². The van der Waals surface area contributed by atoms with Crippen LogP contribution in [0.1, 0.15) is 26.2 Å². The van der Waals surface area contributed by atoms with E-state index in [2.05, 4.69) is 12.2 Å². The summed E-state index contributed by atoms with van der Waals surface area (Å²) >= 11 is 1.66. The van der Waals surface area contributed by atoms with E-state index >= 15 is 0 Å².